The molecule has 34 heavy (non-hydrogen) atoms. The molecular weight excluding hydrogens is 424 g/mol. The highest BCUT2D eigenvalue weighted by Gasteiger charge is 2.24. The molecular formula is C27H24N6O. The van der Waals surface area contributed by atoms with Crippen LogP contribution in [-0.2, 0) is 11.3 Å². The number of hydrogen-bond donors (Lipinski definition) is 0. The number of benzene rings is 2. The molecule has 2 aromatic heterocycles. The molecule has 1 saturated heterocycles. The highest BCUT2D eigenvalue weighted by atomic mass is 16.2. The van der Waals surface area contributed by atoms with Gasteiger partial charge in [0, 0.05) is 37.9 Å². The Bertz CT molecular complexity index is 1320. The molecule has 4 aromatic rings. The Morgan fingerprint density at radius 1 is 0.882 bits per heavy atom. The van der Waals surface area contributed by atoms with Gasteiger partial charge >= 0.3 is 0 Å². The quantitative estimate of drug-likeness (QED) is 0.464. The summed E-state index contributed by atoms with van der Waals surface area (Å²) in [5.74, 6) is 0.712. The third kappa shape index (κ3) is 4.39. The van der Waals surface area contributed by atoms with Crippen LogP contribution in [0.25, 0.3) is 22.5 Å². The first-order chi connectivity index (χ1) is 16.7. The molecule has 1 aliphatic rings. The van der Waals surface area contributed by atoms with Crippen LogP contribution in [0.5, 0.6) is 0 Å². The number of piperazine rings is 1. The highest BCUT2D eigenvalue weighted by Crippen LogP contribution is 2.26. The van der Waals surface area contributed by atoms with Crippen LogP contribution < -0.4 is 4.90 Å². The summed E-state index contributed by atoms with van der Waals surface area (Å²) in [5, 5.41) is 14.2. The van der Waals surface area contributed by atoms with Gasteiger partial charge in [-0.25, -0.2) is 4.98 Å². The van der Waals surface area contributed by atoms with Crippen molar-refractivity contribution in [2.75, 3.05) is 31.1 Å². The molecule has 0 aliphatic carbocycles. The monoisotopic (exact) mass is 448 g/mol. The number of rotatable bonds is 5. The molecule has 168 valence electrons. The Kier molecular flexibility index (Phi) is 6.04. The first-order valence-electron chi connectivity index (χ1n) is 11.3. The van der Waals surface area contributed by atoms with E-state index < -0.39 is 0 Å². The topological polar surface area (TPSA) is 78.0 Å². The molecule has 5 rings (SSSR count). The van der Waals surface area contributed by atoms with E-state index >= 15 is 0 Å². The maximum atomic E-state index is 13.2. The lowest BCUT2D eigenvalue weighted by molar-refractivity contribution is -0.132. The number of nitrogens with zero attached hydrogens (tertiary/aromatic N) is 6. The van der Waals surface area contributed by atoms with Crippen molar-refractivity contribution in [3.8, 4) is 28.6 Å². The van der Waals surface area contributed by atoms with Gasteiger partial charge in [-0.3, -0.25) is 9.48 Å². The highest BCUT2D eigenvalue weighted by molar-refractivity contribution is 5.78. The Morgan fingerprint density at radius 2 is 1.56 bits per heavy atom. The lowest BCUT2D eigenvalue weighted by atomic mass is 10.1. The predicted octanol–water partition coefficient (Wildman–Crippen LogP) is 3.83. The number of pyridine rings is 1. The minimum absolute atomic E-state index is 0.0288. The van der Waals surface area contributed by atoms with Crippen molar-refractivity contribution in [1.82, 2.24) is 19.7 Å². The van der Waals surface area contributed by atoms with Crippen LogP contribution in [-0.4, -0.2) is 51.8 Å². The third-order valence-corrected chi connectivity index (χ3v) is 6.04. The van der Waals surface area contributed by atoms with E-state index in [-0.39, 0.29) is 12.5 Å². The van der Waals surface area contributed by atoms with E-state index in [1.807, 2.05) is 71.6 Å². The third-order valence-electron chi connectivity index (χ3n) is 6.04. The molecule has 0 N–H and O–H groups in total. The van der Waals surface area contributed by atoms with E-state index in [4.69, 9.17) is 5.10 Å². The molecule has 2 aromatic carbocycles. The summed E-state index contributed by atoms with van der Waals surface area (Å²) in [4.78, 5) is 21.5. The fourth-order valence-corrected chi connectivity index (χ4v) is 4.26. The van der Waals surface area contributed by atoms with Crippen LogP contribution in [0.15, 0.2) is 85.1 Å². The number of carbonyl (C=O) groups excluding carboxylic acids is 1. The lowest BCUT2D eigenvalue weighted by Gasteiger charge is -2.35. The van der Waals surface area contributed by atoms with E-state index in [9.17, 15) is 10.1 Å². The second kappa shape index (κ2) is 9.59. The Labute approximate surface area is 198 Å². The summed E-state index contributed by atoms with van der Waals surface area (Å²) in [6.07, 6.45) is 1.70. The average molecular weight is 449 g/mol. The first kappa shape index (κ1) is 21.4. The van der Waals surface area contributed by atoms with Gasteiger partial charge in [0.1, 0.15) is 18.4 Å². The molecule has 1 aliphatic heterocycles. The molecule has 1 amide bonds. The molecule has 0 unspecified atom stereocenters. The second-order valence-corrected chi connectivity index (χ2v) is 8.16. The van der Waals surface area contributed by atoms with Gasteiger partial charge in [0.15, 0.2) is 0 Å². The van der Waals surface area contributed by atoms with Crippen molar-refractivity contribution in [3.63, 3.8) is 0 Å². The van der Waals surface area contributed by atoms with Gasteiger partial charge in [-0.15, -0.1) is 0 Å². The Hall–Kier alpha value is -4.44. The fraction of sp³-hybridized carbons (Fsp3) is 0.185. The Morgan fingerprint density at radius 3 is 2.24 bits per heavy atom. The van der Waals surface area contributed by atoms with Gasteiger partial charge in [-0.2, -0.15) is 10.4 Å². The van der Waals surface area contributed by atoms with Crippen LogP contribution in [0.3, 0.4) is 0 Å². The zero-order chi connectivity index (χ0) is 23.3. The normalized spacial score (nSPS) is 13.5. The summed E-state index contributed by atoms with van der Waals surface area (Å²) < 4.78 is 1.80. The zero-order valence-corrected chi connectivity index (χ0v) is 18.7. The van der Waals surface area contributed by atoms with Gasteiger partial charge in [0.05, 0.1) is 17.0 Å². The fourth-order valence-electron chi connectivity index (χ4n) is 4.26. The Balaban J connectivity index is 1.34. The van der Waals surface area contributed by atoms with Gasteiger partial charge in [0.25, 0.3) is 0 Å². The van der Waals surface area contributed by atoms with Crippen molar-refractivity contribution < 1.29 is 4.79 Å². The van der Waals surface area contributed by atoms with E-state index in [2.05, 4.69) is 16.0 Å². The van der Waals surface area contributed by atoms with Crippen molar-refractivity contribution in [1.29, 1.82) is 5.26 Å². The summed E-state index contributed by atoms with van der Waals surface area (Å²) in [6, 6.07) is 27.8. The van der Waals surface area contributed by atoms with Gasteiger partial charge in [0.2, 0.25) is 5.91 Å². The number of nitriles is 1. The largest absolute Gasteiger partial charge is 0.352 e. The lowest BCUT2D eigenvalue weighted by Crippen LogP contribution is -2.50. The molecule has 0 radical (unpaired) electrons. The van der Waals surface area contributed by atoms with E-state index in [0.717, 1.165) is 22.5 Å². The van der Waals surface area contributed by atoms with E-state index in [1.165, 1.54) is 0 Å². The number of carbonyl (C=O) groups is 1. The average Bonchev–Trinajstić information content (AvgIpc) is 3.33. The number of anilines is 1. The van der Waals surface area contributed by atoms with Crippen molar-refractivity contribution in [3.05, 3.63) is 90.6 Å². The SMILES string of the molecule is N#Cc1cccnc1N1CCN(C(=O)Cn2nc(-c3ccccc3)cc2-c2ccccc2)CC1. The molecule has 7 heteroatoms. The standard InChI is InChI=1S/C27H24N6O/c28-19-23-12-7-13-29-27(23)32-16-14-31(15-17-32)26(34)20-33-25(22-10-5-2-6-11-22)18-24(30-33)21-8-3-1-4-9-21/h1-13,18H,14-17,20H2. The van der Waals surface area contributed by atoms with E-state index in [1.54, 1.807) is 23.0 Å². The van der Waals surface area contributed by atoms with E-state index in [0.29, 0.717) is 37.6 Å². The second-order valence-electron chi connectivity index (χ2n) is 8.16. The summed E-state index contributed by atoms with van der Waals surface area (Å²) in [7, 11) is 0. The van der Waals surface area contributed by atoms with Gasteiger partial charge in [-0.05, 0) is 23.8 Å². The molecule has 7 nitrogen and oxygen atoms in total. The van der Waals surface area contributed by atoms with Crippen LogP contribution in [0.4, 0.5) is 5.82 Å². The minimum atomic E-state index is 0.0288. The van der Waals surface area contributed by atoms with Crippen LogP contribution >= 0.6 is 0 Å². The summed E-state index contributed by atoms with van der Waals surface area (Å²) >= 11 is 0. The molecule has 0 spiro atoms. The molecule has 0 bridgehead atoms. The maximum Gasteiger partial charge on any atom is 0.244 e. The smallest absolute Gasteiger partial charge is 0.244 e. The molecule has 0 saturated carbocycles. The first-order valence-corrected chi connectivity index (χ1v) is 11.3. The zero-order valence-electron chi connectivity index (χ0n) is 18.7. The molecule has 1 fully saturated rings. The van der Waals surface area contributed by atoms with Crippen molar-refractivity contribution in [2.45, 2.75) is 6.54 Å². The van der Waals surface area contributed by atoms with Crippen molar-refractivity contribution >= 4 is 11.7 Å². The summed E-state index contributed by atoms with van der Waals surface area (Å²) in [6.45, 7) is 2.60. The predicted molar refractivity (Wildman–Crippen MR) is 131 cm³/mol. The van der Waals surface area contributed by atoms with Crippen LogP contribution in [0.1, 0.15) is 5.56 Å². The van der Waals surface area contributed by atoms with Gasteiger partial charge < -0.3 is 9.80 Å². The maximum absolute atomic E-state index is 13.2. The number of aromatic nitrogens is 3. The minimum Gasteiger partial charge on any atom is -0.352 e. The molecule has 3 heterocycles. The van der Waals surface area contributed by atoms with Crippen molar-refractivity contribution in [2.24, 2.45) is 0 Å². The van der Waals surface area contributed by atoms with Gasteiger partial charge in [-0.1, -0.05) is 60.7 Å². The van der Waals surface area contributed by atoms with Crippen LogP contribution in [0, 0.1) is 11.3 Å². The summed E-state index contributed by atoms with van der Waals surface area (Å²) in [5.41, 5.74) is 4.35. The van der Waals surface area contributed by atoms with Crippen LogP contribution in [0.2, 0.25) is 0 Å². The number of amides is 1. The number of hydrogen-bond acceptors (Lipinski definition) is 5. The molecule has 0 atom stereocenters.